The summed E-state index contributed by atoms with van der Waals surface area (Å²) in [5.74, 6) is 0.441. The molecule has 2 aromatic carbocycles. The molecular formula is C22H26ClFN4O2S. The molecule has 0 unspecified atom stereocenters. The van der Waals surface area contributed by atoms with Crippen LogP contribution in [-0.2, 0) is 4.74 Å². The van der Waals surface area contributed by atoms with E-state index in [-0.39, 0.29) is 16.3 Å². The number of ether oxygens (including phenoxy) is 1. The maximum absolute atomic E-state index is 14.4. The van der Waals surface area contributed by atoms with E-state index in [0.29, 0.717) is 27.8 Å². The fourth-order valence-electron chi connectivity index (χ4n) is 3.08. The lowest BCUT2D eigenvalue weighted by molar-refractivity contribution is 0.198. The number of rotatable bonds is 6. The third kappa shape index (κ3) is 5.90. The van der Waals surface area contributed by atoms with Gasteiger partial charge in [-0.2, -0.15) is 0 Å². The number of aromatic amines is 1. The second kappa shape index (κ2) is 11.4. The first kappa shape index (κ1) is 23.4. The lowest BCUT2D eigenvalue weighted by Crippen LogP contribution is -2.09. The summed E-state index contributed by atoms with van der Waals surface area (Å²) in [6.07, 6.45) is 4.93. The summed E-state index contributed by atoms with van der Waals surface area (Å²) in [6, 6.07) is 6.43. The number of hydrogen-bond acceptors (Lipinski definition) is 6. The number of nitrogens with one attached hydrogen (secondary N) is 3. The van der Waals surface area contributed by atoms with Crippen molar-refractivity contribution in [1.29, 1.82) is 0 Å². The quantitative estimate of drug-likeness (QED) is 0.305. The number of H-pyrrole nitrogens is 1. The van der Waals surface area contributed by atoms with Crippen molar-refractivity contribution in [3.05, 3.63) is 57.3 Å². The molecule has 31 heavy (non-hydrogen) atoms. The molecule has 6 nitrogen and oxygen atoms in total. The summed E-state index contributed by atoms with van der Waals surface area (Å²) in [7, 11) is 0. The second-order valence-electron chi connectivity index (χ2n) is 7.04. The van der Waals surface area contributed by atoms with Crippen LogP contribution in [0.5, 0.6) is 0 Å². The zero-order valence-corrected chi connectivity index (χ0v) is 19.1. The molecule has 1 saturated heterocycles. The van der Waals surface area contributed by atoms with Crippen molar-refractivity contribution in [2.75, 3.05) is 29.0 Å². The minimum atomic E-state index is -0.472. The van der Waals surface area contributed by atoms with Gasteiger partial charge in [0.05, 0.1) is 33.6 Å². The Kier molecular flexibility index (Phi) is 8.57. The summed E-state index contributed by atoms with van der Waals surface area (Å²) in [4.78, 5) is 18.8. The molecule has 0 saturated carbocycles. The van der Waals surface area contributed by atoms with E-state index in [4.69, 9.17) is 16.3 Å². The first-order valence-electron chi connectivity index (χ1n) is 10.2. The third-order valence-electron chi connectivity index (χ3n) is 4.74. The second-order valence-corrected chi connectivity index (χ2v) is 8.32. The Hall–Kier alpha value is -2.29. The van der Waals surface area contributed by atoms with Crippen molar-refractivity contribution in [2.45, 2.75) is 33.1 Å². The molecule has 1 aliphatic heterocycles. The Labute approximate surface area is 190 Å². The smallest absolute Gasteiger partial charge is 0.258 e. The van der Waals surface area contributed by atoms with Crippen LogP contribution in [0.1, 0.15) is 31.7 Å². The van der Waals surface area contributed by atoms with Crippen molar-refractivity contribution >= 4 is 51.5 Å². The molecular weight excluding hydrogens is 439 g/mol. The summed E-state index contributed by atoms with van der Waals surface area (Å²) < 4.78 is 22.4. The minimum absolute atomic E-state index is 0.163. The number of anilines is 3. The lowest BCUT2D eigenvalue weighted by Gasteiger charge is -2.16. The van der Waals surface area contributed by atoms with Crippen molar-refractivity contribution in [2.24, 2.45) is 0 Å². The van der Waals surface area contributed by atoms with Gasteiger partial charge in [-0.15, -0.1) is 0 Å². The average Bonchev–Trinajstić information content (AvgIpc) is 3.35. The number of hydrogen-bond donors (Lipinski definition) is 3. The van der Waals surface area contributed by atoms with E-state index in [1.54, 1.807) is 25.1 Å². The van der Waals surface area contributed by atoms with E-state index in [9.17, 15) is 9.18 Å². The highest BCUT2D eigenvalue weighted by Gasteiger charge is 2.15. The first-order valence-corrected chi connectivity index (χ1v) is 11.6. The van der Waals surface area contributed by atoms with Crippen molar-refractivity contribution in [3.8, 4) is 0 Å². The van der Waals surface area contributed by atoms with Gasteiger partial charge in [0.2, 0.25) is 0 Å². The molecule has 3 aromatic rings. The van der Waals surface area contributed by atoms with Gasteiger partial charge < -0.3 is 19.8 Å². The van der Waals surface area contributed by atoms with Crippen LogP contribution in [0.3, 0.4) is 0 Å². The van der Waals surface area contributed by atoms with E-state index in [1.807, 2.05) is 0 Å². The molecule has 1 aliphatic rings. The van der Waals surface area contributed by atoms with E-state index in [2.05, 4.69) is 26.9 Å². The van der Waals surface area contributed by atoms with E-state index < -0.39 is 5.82 Å². The molecule has 1 aromatic heterocycles. The monoisotopic (exact) mass is 464 g/mol. The van der Waals surface area contributed by atoms with Crippen LogP contribution >= 0.6 is 23.5 Å². The topological polar surface area (TPSA) is 79.0 Å². The minimum Gasteiger partial charge on any atom is -0.381 e. The number of fused-ring (bicyclic) bond motifs is 1. The van der Waals surface area contributed by atoms with Crippen LogP contribution in [0.25, 0.3) is 10.9 Å². The number of benzene rings is 2. The highest BCUT2D eigenvalue weighted by molar-refractivity contribution is 8.00. The Morgan fingerprint density at radius 1 is 1.23 bits per heavy atom. The molecule has 0 atom stereocenters. The van der Waals surface area contributed by atoms with Crippen molar-refractivity contribution < 1.29 is 9.13 Å². The fourth-order valence-corrected chi connectivity index (χ4v) is 4.02. The Bertz CT molecular complexity index is 1080. The summed E-state index contributed by atoms with van der Waals surface area (Å²) >= 11 is 7.90. The normalized spacial score (nSPS) is 13.0. The van der Waals surface area contributed by atoms with Gasteiger partial charge in [-0.1, -0.05) is 30.5 Å². The van der Waals surface area contributed by atoms with E-state index in [0.717, 1.165) is 25.4 Å². The summed E-state index contributed by atoms with van der Waals surface area (Å²) in [5, 5.41) is 3.74. The van der Waals surface area contributed by atoms with Gasteiger partial charge in [0.25, 0.3) is 5.56 Å². The number of aryl methyl sites for hydroxylation is 1. The van der Waals surface area contributed by atoms with Crippen LogP contribution < -0.4 is 15.6 Å². The molecule has 0 bridgehead atoms. The average molecular weight is 465 g/mol. The van der Waals surface area contributed by atoms with E-state index in [1.165, 1.54) is 37.2 Å². The largest absolute Gasteiger partial charge is 0.381 e. The molecule has 0 aliphatic carbocycles. The Morgan fingerprint density at radius 3 is 2.65 bits per heavy atom. The molecule has 0 radical (unpaired) electrons. The predicted molar refractivity (Wildman–Crippen MR) is 128 cm³/mol. The molecule has 3 N–H and O–H groups in total. The Balaban J connectivity index is 0.000000478. The molecule has 9 heteroatoms. The van der Waals surface area contributed by atoms with Crippen LogP contribution in [0, 0.1) is 12.7 Å². The molecule has 0 spiro atoms. The predicted octanol–water partition coefficient (Wildman–Crippen LogP) is 6.03. The van der Waals surface area contributed by atoms with Crippen molar-refractivity contribution in [1.82, 2.24) is 9.97 Å². The van der Waals surface area contributed by atoms with Gasteiger partial charge in [-0.05, 0) is 56.0 Å². The fraction of sp³-hybridized carbons (Fsp3) is 0.364. The summed E-state index contributed by atoms with van der Waals surface area (Å²) in [6.45, 7) is 5.86. The molecule has 2 heterocycles. The van der Waals surface area contributed by atoms with Crippen molar-refractivity contribution in [3.63, 3.8) is 0 Å². The van der Waals surface area contributed by atoms with Crippen LogP contribution in [0.4, 0.5) is 21.5 Å². The van der Waals surface area contributed by atoms with Crippen LogP contribution in [0.15, 0.2) is 35.4 Å². The van der Waals surface area contributed by atoms with E-state index >= 15 is 0 Å². The highest BCUT2D eigenvalue weighted by atomic mass is 35.5. The third-order valence-corrected chi connectivity index (χ3v) is 6.11. The van der Waals surface area contributed by atoms with Gasteiger partial charge in [0.1, 0.15) is 5.82 Å². The molecule has 166 valence electrons. The lowest BCUT2D eigenvalue weighted by atomic mass is 10.1. The standard InChI is InChI=1S/C18H18ClFN4OS.C4H8O/c1-3-8-26-24-14-5-4-11(20)17(16(14)19)23-12-6-7-13-15(10(12)2)18(25)22-9-21-13;1-2-4-5-3-1/h4-7,9,23-24H,3,8H2,1-2H3,(H,21,22,25);1-4H2. The van der Waals surface area contributed by atoms with Gasteiger partial charge in [0, 0.05) is 24.7 Å². The van der Waals surface area contributed by atoms with Gasteiger partial charge in [-0.3, -0.25) is 4.79 Å². The van der Waals surface area contributed by atoms with Gasteiger partial charge in [0.15, 0.2) is 0 Å². The first-order chi connectivity index (χ1) is 15.0. The van der Waals surface area contributed by atoms with Gasteiger partial charge >= 0.3 is 0 Å². The summed E-state index contributed by atoms with van der Waals surface area (Å²) in [5.41, 5.74) is 2.40. The number of nitrogens with zero attached hydrogens (tertiary/aromatic N) is 1. The van der Waals surface area contributed by atoms with Crippen LogP contribution in [-0.4, -0.2) is 28.9 Å². The highest BCUT2D eigenvalue weighted by Crippen LogP contribution is 2.37. The zero-order chi connectivity index (χ0) is 22.2. The maximum Gasteiger partial charge on any atom is 0.258 e. The van der Waals surface area contributed by atoms with Crippen LogP contribution in [0.2, 0.25) is 5.02 Å². The molecule has 4 rings (SSSR count). The molecule has 1 fully saturated rings. The maximum atomic E-state index is 14.4. The number of halogens is 2. The van der Waals surface area contributed by atoms with Gasteiger partial charge in [-0.25, -0.2) is 9.37 Å². The SMILES string of the molecule is C1CCOC1.CCCSNc1ccc(F)c(Nc2ccc3nc[nH]c(=O)c3c2C)c1Cl. The molecule has 0 amide bonds. The number of aromatic nitrogens is 2. The zero-order valence-electron chi connectivity index (χ0n) is 17.6. The Morgan fingerprint density at radius 2 is 1.97 bits per heavy atom.